The number of phenols is 2. The van der Waals surface area contributed by atoms with E-state index in [0.717, 1.165) is 30.3 Å². The number of carboxylic acid groups (broad SMARTS) is 1. The fourth-order valence-corrected chi connectivity index (χ4v) is 1.70. The van der Waals surface area contributed by atoms with Crippen LogP contribution in [0.15, 0.2) is 36.4 Å². The minimum Gasteiger partial charge on any atom is -0.508 e. The van der Waals surface area contributed by atoms with Crippen LogP contribution in [0.2, 0.25) is 0 Å². The Bertz CT molecular complexity index is 729. The molecule has 7 heteroatoms. The molecule has 0 spiro atoms. The number of rotatable bonds is 3. The second kappa shape index (κ2) is 5.49. The summed E-state index contributed by atoms with van der Waals surface area (Å²) in [5.41, 5.74) is -0.824. The fourth-order valence-electron chi connectivity index (χ4n) is 1.70. The van der Waals surface area contributed by atoms with Gasteiger partial charge < -0.3 is 20.6 Å². The van der Waals surface area contributed by atoms with Crippen LogP contribution < -0.4 is 5.32 Å². The van der Waals surface area contributed by atoms with E-state index in [4.69, 9.17) is 5.11 Å². The third-order valence-electron chi connectivity index (χ3n) is 2.68. The van der Waals surface area contributed by atoms with Gasteiger partial charge in [-0.25, -0.2) is 9.18 Å². The third kappa shape index (κ3) is 3.08. The van der Waals surface area contributed by atoms with Crippen LogP contribution in [0, 0.1) is 5.82 Å². The molecule has 0 unspecified atom stereocenters. The van der Waals surface area contributed by atoms with Gasteiger partial charge in [-0.2, -0.15) is 0 Å². The highest BCUT2D eigenvalue weighted by molar-refractivity contribution is 6.09. The van der Waals surface area contributed by atoms with Gasteiger partial charge in [0, 0.05) is 0 Å². The van der Waals surface area contributed by atoms with E-state index in [9.17, 15) is 24.2 Å². The number of anilines is 1. The zero-order valence-corrected chi connectivity index (χ0v) is 10.5. The largest absolute Gasteiger partial charge is 0.508 e. The maximum Gasteiger partial charge on any atom is 0.337 e. The number of aromatic hydroxyl groups is 2. The molecule has 0 atom stereocenters. The normalized spacial score (nSPS) is 10.1. The summed E-state index contributed by atoms with van der Waals surface area (Å²) in [6.45, 7) is 0. The van der Waals surface area contributed by atoms with Crippen molar-refractivity contribution in [2.24, 2.45) is 0 Å². The highest BCUT2D eigenvalue weighted by atomic mass is 19.1. The summed E-state index contributed by atoms with van der Waals surface area (Å²) in [7, 11) is 0. The Hall–Kier alpha value is -3.09. The van der Waals surface area contributed by atoms with Crippen molar-refractivity contribution in [3.05, 3.63) is 53.3 Å². The molecule has 2 rings (SSSR count). The first kappa shape index (κ1) is 14.3. The Balaban J connectivity index is 2.38. The second-order valence-electron chi connectivity index (χ2n) is 4.15. The summed E-state index contributed by atoms with van der Waals surface area (Å²) in [6.07, 6.45) is 0. The molecule has 0 bridgehead atoms. The van der Waals surface area contributed by atoms with Crippen molar-refractivity contribution < 1.29 is 29.3 Å². The number of benzene rings is 2. The van der Waals surface area contributed by atoms with E-state index in [1.165, 1.54) is 6.07 Å². The van der Waals surface area contributed by atoms with Gasteiger partial charge in [-0.15, -0.1) is 0 Å². The van der Waals surface area contributed by atoms with E-state index in [1.54, 1.807) is 0 Å². The highest BCUT2D eigenvalue weighted by Crippen LogP contribution is 2.24. The van der Waals surface area contributed by atoms with Gasteiger partial charge in [-0.1, -0.05) is 0 Å². The van der Waals surface area contributed by atoms with Crippen LogP contribution in [0.1, 0.15) is 20.7 Å². The van der Waals surface area contributed by atoms with Crippen molar-refractivity contribution in [1.82, 2.24) is 0 Å². The minimum absolute atomic E-state index is 0.254. The number of phenolic OH excluding ortho intramolecular Hbond substituents is 2. The molecule has 0 heterocycles. The first-order chi connectivity index (χ1) is 9.88. The molecular weight excluding hydrogens is 281 g/mol. The number of carboxylic acids is 1. The van der Waals surface area contributed by atoms with Crippen molar-refractivity contribution in [2.45, 2.75) is 0 Å². The van der Waals surface area contributed by atoms with Crippen molar-refractivity contribution in [2.75, 3.05) is 5.32 Å². The second-order valence-corrected chi connectivity index (χ2v) is 4.15. The van der Waals surface area contributed by atoms with Crippen molar-refractivity contribution in [1.29, 1.82) is 0 Å². The van der Waals surface area contributed by atoms with Crippen LogP contribution in [0.3, 0.4) is 0 Å². The number of carbonyl (C=O) groups excluding carboxylic acids is 1. The van der Waals surface area contributed by atoms with E-state index in [1.807, 2.05) is 0 Å². The van der Waals surface area contributed by atoms with Gasteiger partial charge in [0.05, 0.1) is 16.8 Å². The lowest BCUT2D eigenvalue weighted by Crippen LogP contribution is -2.15. The smallest absolute Gasteiger partial charge is 0.337 e. The predicted molar refractivity (Wildman–Crippen MR) is 71.1 cm³/mol. The first-order valence-electron chi connectivity index (χ1n) is 5.74. The quantitative estimate of drug-likeness (QED) is 0.648. The summed E-state index contributed by atoms with van der Waals surface area (Å²) >= 11 is 0. The fraction of sp³-hybridized carbons (Fsp3) is 0. The van der Waals surface area contributed by atoms with Gasteiger partial charge in [0.2, 0.25) is 0 Å². The maximum atomic E-state index is 13.2. The highest BCUT2D eigenvalue weighted by Gasteiger charge is 2.17. The molecule has 1 amide bonds. The molecule has 6 nitrogen and oxygen atoms in total. The van der Waals surface area contributed by atoms with Gasteiger partial charge >= 0.3 is 5.97 Å². The molecule has 21 heavy (non-hydrogen) atoms. The van der Waals surface area contributed by atoms with Crippen molar-refractivity contribution >= 4 is 17.6 Å². The average Bonchev–Trinajstić information content (AvgIpc) is 2.41. The molecule has 2 aromatic rings. The molecule has 0 saturated carbocycles. The molecular formula is C14H10FNO5. The zero-order chi connectivity index (χ0) is 15.6. The monoisotopic (exact) mass is 291 g/mol. The lowest BCUT2D eigenvalue weighted by Gasteiger charge is -2.10. The Morgan fingerprint density at radius 1 is 1.00 bits per heavy atom. The molecule has 4 N–H and O–H groups in total. The average molecular weight is 291 g/mol. The van der Waals surface area contributed by atoms with Crippen LogP contribution in [0.5, 0.6) is 11.5 Å². The first-order valence-corrected chi connectivity index (χ1v) is 5.74. The Morgan fingerprint density at radius 3 is 2.38 bits per heavy atom. The van der Waals surface area contributed by atoms with Gasteiger partial charge in [0.1, 0.15) is 17.3 Å². The lowest BCUT2D eigenvalue weighted by molar-refractivity contribution is 0.0698. The number of carbonyl (C=O) groups is 2. The summed E-state index contributed by atoms with van der Waals surface area (Å²) in [5.74, 6) is -3.61. The predicted octanol–water partition coefficient (Wildman–Crippen LogP) is 2.19. The van der Waals surface area contributed by atoms with Gasteiger partial charge in [0.15, 0.2) is 0 Å². The molecule has 0 radical (unpaired) electrons. The van der Waals surface area contributed by atoms with E-state index >= 15 is 0 Å². The lowest BCUT2D eigenvalue weighted by atomic mass is 10.1. The number of hydrogen-bond donors (Lipinski definition) is 4. The van der Waals surface area contributed by atoms with Gasteiger partial charge in [-0.05, 0) is 36.4 Å². The SMILES string of the molecule is O=C(Nc1cc(F)ccc1C(=O)O)c1cc(O)ccc1O. The van der Waals surface area contributed by atoms with Crippen molar-refractivity contribution in [3.8, 4) is 11.5 Å². The molecule has 2 aromatic carbocycles. The van der Waals surface area contributed by atoms with Crippen LogP contribution >= 0.6 is 0 Å². The van der Waals surface area contributed by atoms with Crippen LogP contribution in [0.25, 0.3) is 0 Å². The number of hydrogen-bond acceptors (Lipinski definition) is 4. The Kier molecular flexibility index (Phi) is 3.75. The van der Waals surface area contributed by atoms with Crippen LogP contribution in [-0.2, 0) is 0 Å². The summed E-state index contributed by atoms with van der Waals surface area (Å²) in [5, 5.41) is 30.0. The van der Waals surface area contributed by atoms with Crippen LogP contribution in [-0.4, -0.2) is 27.2 Å². The van der Waals surface area contributed by atoms with E-state index in [0.29, 0.717) is 0 Å². The number of halogens is 1. The van der Waals surface area contributed by atoms with E-state index < -0.39 is 23.4 Å². The summed E-state index contributed by atoms with van der Waals surface area (Å²) < 4.78 is 13.2. The molecule has 0 aliphatic carbocycles. The number of nitrogens with one attached hydrogen (secondary N) is 1. The molecule has 0 aliphatic heterocycles. The standard InChI is InChI=1S/C14H10FNO5/c15-7-1-3-9(14(20)21)11(5-7)16-13(19)10-6-8(17)2-4-12(10)18/h1-6,17-18H,(H,16,19)(H,20,21). The molecule has 0 aliphatic rings. The van der Waals surface area contributed by atoms with E-state index in [2.05, 4.69) is 5.32 Å². The molecule has 0 aromatic heterocycles. The topological polar surface area (TPSA) is 107 Å². The maximum absolute atomic E-state index is 13.2. The minimum atomic E-state index is -1.34. The molecule has 0 saturated heterocycles. The Morgan fingerprint density at radius 2 is 1.71 bits per heavy atom. The van der Waals surface area contributed by atoms with Gasteiger partial charge in [0.25, 0.3) is 5.91 Å². The summed E-state index contributed by atoms with van der Waals surface area (Å²) in [6, 6.07) is 6.09. The Labute approximate surface area is 118 Å². The third-order valence-corrected chi connectivity index (χ3v) is 2.68. The van der Waals surface area contributed by atoms with Crippen molar-refractivity contribution in [3.63, 3.8) is 0 Å². The number of amides is 1. The van der Waals surface area contributed by atoms with Gasteiger partial charge in [-0.3, -0.25) is 4.79 Å². The van der Waals surface area contributed by atoms with E-state index in [-0.39, 0.29) is 22.6 Å². The number of aromatic carboxylic acids is 1. The molecule has 108 valence electrons. The van der Waals surface area contributed by atoms with Crippen LogP contribution in [0.4, 0.5) is 10.1 Å². The summed E-state index contributed by atoms with van der Waals surface area (Å²) in [4.78, 5) is 23.0. The molecule has 0 fully saturated rings. The zero-order valence-electron chi connectivity index (χ0n) is 10.5.